The van der Waals surface area contributed by atoms with E-state index in [0.717, 1.165) is 0 Å². The van der Waals surface area contributed by atoms with E-state index < -0.39 is 18.1 Å². The monoisotopic (exact) mass is 422 g/mol. The normalized spacial score (nSPS) is 13.4. The van der Waals surface area contributed by atoms with Gasteiger partial charge in [0, 0.05) is 5.56 Å². The van der Waals surface area contributed by atoms with Crippen LogP contribution in [0.15, 0.2) is 39.9 Å². The Morgan fingerprint density at radius 1 is 0.923 bits per heavy atom. The van der Waals surface area contributed by atoms with Gasteiger partial charge in [-0.2, -0.15) is 35.8 Å². The first kappa shape index (κ1) is 20.4. The molecule has 0 atom stereocenters. The summed E-state index contributed by atoms with van der Waals surface area (Å²) in [6.45, 7) is 0. The average Bonchev–Trinajstić information content (AvgIpc) is 2.97. The lowest BCUT2D eigenvalue weighted by atomic mass is 10.2. The van der Waals surface area contributed by atoms with Crippen LogP contribution in [0.1, 0.15) is 5.76 Å². The zero-order valence-corrected chi connectivity index (χ0v) is 13.7. The first-order valence-corrected chi connectivity index (χ1v) is 7.28. The fourth-order valence-electron chi connectivity index (χ4n) is 1.65. The van der Waals surface area contributed by atoms with Crippen LogP contribution in [0.5, 0.6) is 0 Å². The van der Waals surface area contributed by atoms with Crippen LogP contribution in [0.2, 0.25) is 10.0 Å². The van der Waals surface area contributed by atoms with E-state index in [9.17, 15) is 30.7 Å². The van der Waals surface area contributed by atoms with E-state index in [4.69, 9.17) is 27.6 Å². The van der Waals surface area contributed by atoms with Gasteiger partial charge in [0.2, 0.25) is 0 Å². The van der Waals surface area contributed by atoms with Crippen LogP contribution >= 0.6 is 23.2 Å². The van der Waals surface area contributed by atoms with Gasteiger partial charge in [0.15, 0.2) is 0 Å². The third-order valence-corrected chi connectivity index (χ3v) is 3.72. The van der Waals surface area contributed by atoms with E-state index in [1.54, 1.807) is 0 Å². The van der Waals surface area contributed by atoms with Crippen molar-refractivity contribution in [1.29, 1.82) is 0 Å². The molecule has 0 unspecified atom stereocenters. The third kappa shape index (κ3) is 4.07. The van der Waals surface area contributed by atoms with Crippen LogP contribution < -0.4 is 5.43 Å². The highest BCUT2D eigenvalue weighted by molar-refractivity contribution is 6.42. The van der Waals surface area contributed by atoms with Crippen molar-refractivity contribution in [2.45, 2.75) is 18.1 Å². The summed E-state index contributed by atoms with van der Waals surface area (Å²) < 4.78 is 92.4. The van der Waals surface area contributed by atoms with Crippen molar-refractivity contribution >= 4 is 29.4 Å². The molecule has 0 aliphatic heterocycles. The van der Waals surface area contributed by atoms with Crippen LogP contribution in [0.25, 0.3) is 11.3 Å². The summed E-state index contributed by atoms with van der Waals surface area (Å²) in [5, 5.41) is 3.18. The van der Waals surface area contributed by atoms with E-state index in [-0.39, 0.29) is 21.6 Å². The molecule has 1 aromatic carbocycles. The fourth-order valence-corrected chi connectivity index (χ4v) is 1.95. The first-order chi connectivity index (χ1) is 11.8. The van der Waals surface area contributed by atoms with Crippen molar-refractivity contribution in [3.8, 4) is 11.3 Å². The Kier molecular flexibility index (Phi) is 5.48. The van der Waals surface area contributed by atoms with Gasteiger partial charge in [-0.05, 0) is 30.3 Å². The summed E-state index contributed by atoms with van der Waals surface area (Å²) >= 11 is 11.6. The second-order valence-corrected chi connectivity index (χ2v) is 5.66. The van der Waals surface area contributed by atoms with Gasteiger partial charge < -0.3 is 4.42 Å². The summed E-state index contributed by atoms with van der Waals surface area (Å²) in [5.74, 6) is -6.30. The van der Waals surface area contributed by atoms with Gasteiger partial charge >= 0.3 is 18.1 Å². The van der Waals surface area contributed by atoms with Crippen molar-refractivity contribution in [2.75, 3.05) is 0 Å². The molecule has 0 saturated heterocycles. The van der Waals surface area contributed by atoms with E-state index in [0.29, 0.717) is 17.2 Å². The summed E-state index contributed by atoms with van der Waals surface area (Å²) in [6.07, 6.45) is -5.94. The lowest BCUT2D eigenvalue weighted by Crippen LogP contribution is -2.58. The first-order valence-electron chi connectivity index (χ1n) is 6.53. The third-order valence-electron chi connectivity index (χ3n) is 2.98. The van der Waals surface area contributed by atoms with Gasteiger partial charge in [0.25, 0.3) is 0 Å². The molecule has 0 amide bonds. The van der Waals surface area contributed by atoms with Crippen molar-refractivity contribution in [3.05, 3.63) is 46.1 Å². The maximum Gasteiger partial charge on any atom is 0.462 e. The summed E-state index contributed by atoms with van der Waals surface area (Å²) in [4.78, 5) is 0. The number of halogens is 9. The van der Waals surface area contributed by atoms with E-state index in [2.05, 4.69) is 5.10 Å². The lowest BCUT2D eigenvalue weighted by molar-refractivity contribution is -0.361. The summed E-state index contributed by atoms with van der Waals surface area (Å²) in [5.41, 5.74) is 0.947. The van der Waals surface area contributed by atoms with Crippen LogP contribution in [0.3, 0.4) is 0 Å². The standard InChI is InChI=1S/C14H7Cl2F7N2O/c15-9-3-1-7(5-10(9)16)11-4-2-8(26-11)6-24-25-14(22,23)12(17,18)13(19,20)21/h1-6,25H/b24-6-. The number of nitrogens with zero attached hydrogens (tertiary/aromatic N) is 1. The molecule has 0 aliphatic rings. The van der Waals surface area contributed by atoms with Gasteiger partial charge in [0.1, 0.15) is 11.5 Å². The minimum absolute atomic E-state index is 0.190. The summed E-state index contributed by atoms with van der Waals surface area (Å²) in [7, 11) is 0. The van der Waals surface area contributed by atoms with Crippen molar-refractivity contribution in [3.63, 3.8) is 0 Å². The molecule has 3 nitrogen and oxygen atoms in total. The van der Waals surface area contributed by atoms with Gasteiger partial charge in [-0.1, -0.05) is 23.2 Å². The molecule has 0 fully saturated rings. The van der Waals surface area contributed by atoms with Crippen molar-refractivity contribution in [2.24, 2.45) is 5.10 Å². The largest absolute Gasteiger partial charge is 0.462 e. The van der Waals surface area contributed by atoms with E-state index in [1.165, 1.54) is 30.3 Å². The summed E-state index contributed by atoms with van der Waals surface area (Å²) in [6, 6.07) is 1.40. The fraction of sp³-hybridized carbons (Fsp3) is 0.214. The number of alkyl halides is 7. The molecule has 1 heterocycles. The van der Waals surface area contributed by atoms with Gasteiger partial charge in [-0.15, -0.1) is 0 Å². The lowest BCUT2D eigenvalue weighted by Gasteiger charge is -2.27. The number of rotatable bonds is 5. The number of furan rings is 1. The molecule has 2 aromatic rings. The number of benzene rings is 1. The molecule has 12 heteroatoms. The number of hydrogen-bond donors (Lipinski definition) is 1. The molecule has 1 aromatic heterocycles. The Hall–Kier alpha value is -1.94. The van der Waals surface area contributed by atoms with Gasteiger partial charge in [-0.3, -0.25) is 0 Å². The minimum Gasteiger partial charge on any atom is -0.455 e. The van der Waals surface area contributed by atoms with Gasteiger partial charge in [-0.25, -0.2) is 5.43 Å². The predicted octanol–water partition coefficient (Wildman–Crippen LogP) is 5.97. The Balaban J connectivity index is 2.12. The Morgan fingerprint density at radius 3 is 2.15 bits per heavy atom. The highest BCUT2D eigenvalue weighted by Gasteiger charge is 2.73. The highest BCUT2D eigenvalue weighted by atomic mass is 35.5. The van der Waals surface area contributed by atoms with Gasteiger partial charge in [0.05, 0.1) is 16.3 Å². The number of hydrazone groups is 1. The van der Waals surface area contributed by atoms with Crippen LogP contribution in [-0.4, -0.2) is 24.4 Å². The molecular formula is C14H7Cl2F7N2O. The zero-order chi connectivity index (χ0) is 19.8. The molecule has 26 heavy (non-hydrogen) atoms. The molecule has 142 valence electrons. The SMILES string of the molecule is FC(F)(F)C(F)(F)C(F)(F)N/N=C\c1ccc(-c2ccc(Cl)c(Cl)c2)o1. The van der Waals surface area contributed by atoms with Crippen LogP contribution in [0.4, 0.5) is 30.7 Å². The molecular weight excluding hydrogens is 416 g/mol. The molecule has 0 aliphatic carbocycles. The number of nitrogens with one attached hydrogen (secondary N) is 1. The quantitative estimate of drug-likeness (QED) is 0.279. The Morgan fingerprint density at radius 2 is 1.58 bits per heavy atom. The molecule has 2 rings (SSSR count). The number of hydrogen-bond acceptors (Lipinski definition) is 3. The zero-order valence-electron chi connectivity index (χ0n) is 12.2. The Bertz CT molecular complexity index is 818. The molecule has 0 radical (unpaired) electrons. The topological polar surface area (TPSA) is 37.5 Å². The molecule has 0 saturated carbocycles. The maximum atomic E-state index is 13.0. The van der Waals surface area contributed by atoms with E-state index in [1.807, 2.05) is 0 Å². The van der Waals surface area contributed by atoms with Crippen LogP contribution in [-0.2, 0) is 0 Å². The predicted molar refractivity (Wildman–Crippen MR) is 80.8 cm³/mol. The minimum atomic E-state index is -6.45. The van der Waals surface area contributed by atoms with Crippen LogP contribution in [0, 0.1) is 0 Å². The van der Waals surface area contributed by atoms with Crippen molar-refractivity contribution < 1.29 is 35.2 Å². The smallest absolute Gasteiger partial charge is 0.455 e. The second-order valence-electron chi connectivity index (χ2n) is 4.85. The Labute approximate surface area is 151 Å². The molecule has 0 spiro atoms. The maximum absolute atomic E-state index is 13.0. The van der Waals surface area contributed by atoms with Crippen molar-refractivity contribution in [1.82, 2.24) is 5.43 Å². The average molecular weight is 423 g/mol. The second kappa shape index (κ2) is 6.99. The molecule has 0 bridgehead atoms. The van der Waals surface area contributed by atoms with E-state index >= 15 is 0 Å². The highest BCUT2D eigenvalue weighted by Crippen LogP contribution is 2.45. The molecule has 1 N–H and O–H groups in total.